The largest absolute Gasteiger partial charge is 0.469 e. The van der Waals surface area contributed by atoms with Gasteiger partial charge in [0, 0.05) is 25.6 Å². The van der Waals surface area contributed by atoms with Crippen molar-refractivity contribution in [3.63, 3.8) is 0 Å². The predicted molar refractivity (Wildman–Crippen MR) is 88.3 cm³/mol. The third kappa shape index (κ3) is 3.15. The quantitative estimate of drug-likeness (QED) is 0.736. The van der Waals surface area contributed by atoms with E-state index in [1.807, 2.05) is 13.0 Å². The fourth-order valence-corrected chi connectivity index (χ4v) is 3.88. The summed E-state index contributed by atoms with van der Waals surface area (Å²) in [6.45, 7) is 1.84. The molecule has 0 saturated carbocycles. The van der Waals surface area contributed by atoms with Crippen LogP contribution in [0, 0.1) is 0 Å². The first-order valence-electron chi connectivity index (χ1n) is 7.51. The highest BCUT2D eigenvalue weighted by molar-refractivity contribution is 7.89. The van der Waals surface area contributed by atoms with Gasteiger partial charge in [-0.15, -0.1) is 0 Å². The summed E-state index contributed by atoms with van der Waals surface area (Å²) in [5.74, 6) is 0.211. The lowest BCUT2D eigenvalue weighted by Crippen LogP contribution is -2.35. The zero-order valence-corrected chi connectivity index (χ0v) is 14.2. The normalized spacial score (nSPS) is 13.6. The molecule has 1 N–H and O–H groups in total. The van der Waals surface area contributed by atoms with Gasteiger partial charge in [0.05, 0.1) is 16.7 Å². The maximum atomic E-state index is 12.8. The number of hydrogen-bond acceptors (Lipinski definition) is 5. The lowest BCUT2D eigenvalue weighted by Gasteiger charge is -2.24. The molecule has 2 heterocycles. The zero-order chi connectivity index (χ0) is 17.3. The third-order valence-corrected chi connectivity index (χ3v) is 6.05. The highest BCUT2D eigenvalue weighted by Crippen LogP contribution is 2.22. The number of H-pyrrole nitrogens is 1. The maximum absolute atomic E-state index is 12.8. The Labute approximate surface area is 138 Å². The minimum absolute atomic E-state index is 0.0881. The molecule has 0 aliphatic carbocycles. The van der Waals surface area contributed by atoms with E-state index in [1.165, 1.54) is 22.5 Å². The molecule has 2 aromatic heterocycles. The van der Waals surface area contributed by atoms with E-state index in [0.717, 1.165) is 5.76 Å². The van der Waals surface area contributed by atoms with Crippen LogP contribution in [-0.2, 0) is 16.4 Å². The zero-order valence-electron chi connectivity index (χ0n) is 13.4. The highest BCUT2D eigenvalue weighted by atomic mass is 32.2. The van der Waals surface area contributed by atoms with Gasteiger partial charge in [-0.05, 0) is 37.6 Å². The number of hydrogen-bond donors (Lipinski definition) is 1. The Morgan fingerprint density at radius 2 is 2.08 bits per heavy atom. The highest BCUT2D eigenvalue weighted by Gasteiger charge is 2.26. The molecule has 3 rings (SSSR count). The summed E-state index contributed by atoms with van der Waals surface area (Å²) in [6, 6.07) is 7.80. The molecule has 1 atom stereocenters. The van der Waals surface area contributed by atoms with Crippen LogP contribution in [-0.4, -0.2) is 30.8 Å². The molecule has 0 spiro atoms. The fraction of sp³-hybridized carbons (Fsp3) is 0.312. The van der Waals surface area contributed by atoms with Crippen molar-refractivity contribution < 1.29 is 17.3 Å². The van der Waals surface area contributed by atoms with Gasteiger partial charge in [0.2, 0.25) is 10.0 Å². The molecule has 1 aromatic carbocycles. The maximum Gasteiger partial charge on any atom is 0.417 e. The second-order valence-electron chi connectivity index (χ2n) is 5.66. The molecular formula is C16H18N2O5S. The topological polar surface area (TPSA) is 96.5 Å². The van der Waals surface area contributed by atoms with Crippen LogP contribution in [0.25, 0.3) is 11.1 Å². The van der Waals surface area contributed by atoms with E-state index in [9.17, 15) is 13.2 Å². The van der Waals surface area contributed by atoms with Crippen LogP contribution < -0.4 is 5.76 Å². The number of nitrogens with one attached hydrogen (secondary N) is 1. The molecule has 0 bridgehead atoms. The van der Waals surface area contributed by atoms with Gasteiger partial charge in [0.25, 0.3) is 0 Å². The number of benzene rings is 1. The number of aromatic nitrogens is 1. The Hall–Kier alpha value is -2.32. The number of oxazole rings is 1. The van der Waals surface area contributed by atoms with Gasteiger partial charge in [-0.1, -0.05) is 0 Å². The van der Waals surface area contributed by atoms with Crippen LogP contribution in [0.4, 0.5) is 0 Å². The number of fused-ring (bicyclic) bond motifs is 1. The molecule has 8 heteroatoms. The van der Waals surface area contributed by atoms with Gasteiger partial charge in [0.15, 0.2) is 5.58 Å². The number of furan rings is 1. The van der Waals surface area contributed by atoms with Gasteiger partial charge in [-0.3, -0.25) is 4.98 Å². The fourth-order valence-electron chi connectivity index (χ4n) is 2.48. The standard InChI is InChI=1S/C16H18N2O5S/c1-11(5-6-12-4-3-9-22-12)18(2)24(20,21)13-7-8-14-15(10-13)23-16(19)17-14/h3-4,7-11H,5-6H2,1-2H3,(H,17,19)/t11-/m1/s1. The van der Waals surface area contributed by atoms with Gasteiger partial charge in [0.1, 0.15) is 5.76 Å². The summed E-state index contributed by atoms with van der Waals surface area (Å²) in [7, 11) is -2.14. The number of nitrogens with zero attached hydrogens (tertiary/aromatic N) is 1. The van der Waals surface area contributed by atoms with Crippen molar-refractivity contribution in [2.75, 3.05) is 7.05 Å². The minimum atomic E-state index is -3.68. The Morgan fingerprint density at radius 1 is 1.29 bits per heavy atom. The summed E-state index contributed by atoms with van der Waals surface area (Å²) in [4.78, 5) is 13.8. The molecule has 7 nitrogen and oxygen atoms in total. The minimum Gasteiger partial charge on any atom is -0.469 e. The van der Waals surface area contributed by atoms with Gasteiger partial charge in [-0.25, -0.2) is 13.2 Å². The molecular weight excluding hydrogens is 332 g/mol. The Bertz CT molecular complexity index is 985. The molecule has 0 fully saturated rings. The van der Waals surface area contributed by atoms with Crippen molar-refractivity contribution >= 4 is 21.1 Å². The van der Waals surface area contributed by atoms with E-state index >= 15 is 0 Å². The summed E-state index contributed by atoms with van der Waals surface area (Å²) >= 11 is 0. The van der Waals surface area contributed by atoms with Crippen molar-refractivity contribution in [1.29, 1.82) is 0 Å². The van der Waals surface area contributed by atoms with E-state index in [2.05, 4.69) is 4.98 Å². The number of sulfonamides is 1. The molecule has 0 unspecified atom stereocenters. The summed E-state index contributed by atoms with van der Waals surface area (Å²) < 4.78 is 37.0. The van der Waals surface area contributed by atoms with Crippen molar-refractivity contribution in [3.05, 3.63) is 52.9 Å². The number of aromatic amines is 1. The lowest BCUT2D eigenvalue weighted by atomic mass is 10.1. The van der Waals surface area contributed by atoms with Gasteiger partial charge >= 0.3 is 5.76 Å². The molecule has 0 aliphatic rings. The van der Waals surface area contributed by atoms with E-state index in [4.69, 9.17) is 8.83 Å². The Morgan fingerprint density at radius 3 is 2.79 bits per heavy atom. The average molecular weight is 350 g/mol. The van der Waals surface area contributed by atoms with Gasteiger partial charge < -0.3 is 8.83 Å². The lowest BCUT2D eigenvalue weighted by molar-refractivity contribution is 0.361. The number of aryl methyl sites for hydroxylation is 1. The molecule has 0 saturated heterocycles. The van der Waals surface area contributed by atoms with Crippen LogP contribution in [0.1, 0.15) is 19.1 Å². The van der Waals surface area contributed by atoms with Crippen LogP contribution in [0.3, 0.4) is 0 Å². The van der Waals surface area contributed by atoms with Crippen LogP contribution >= 0.6 is 0 Å². The monoisotopic (exact) mass is 350 g/mol. The smallest absolute Gasteiger partial charge is 0.417 e. The van der Waals surface area contributed by atoms with Crippen LogP contribution in [0.5, 0.6) is 0 Å². The molecule has 0 aliphatic heterocycles. The summed E-state index contributed by atoms with van der Waals surface area (Å²) in [5, 5.41) is 0. The second-order valence-corrected chi connectivity index (χ2v) is 7.66. The van der Waals surface area contributed by atoms with E-state index in [1.54, 1.807) is 19.4 Å². The van der Waals surface area contributed by atoms with Crippen molar-refractivity contribution in [2.45, 2.75) is 30.7 Å². The summed E-state index contributed by atoms with van der Waals surface area (Å²) in [5.41, 5.74) is 0.685. The first-order chi connectivity index (χ1) is 11.4. The first-order valence-corrected chi connectivity index (χ1v) is 8.95. The Balaban J connectivity index is 1.80. The van der Waals surface area contributed by atoms with Crippen LogP contribution in [0.15, 0.2) is 55.1 Å². The van der Waals surface area contributed by atoms with E-state index < -0.39 is 15.8 Å². The first kappa shape index (κ1) is 16.5. The number of rotatable bonds is 6. The van der Waals surface area contributed by atoms with E-state index in [0.29, 0.717) is 18.4 Å². The van der Waals surface area contributed by atoms with Crippen molar-refractivity contribution in [3.8, 4) is 0 Å². The Kier molecular flexibility index (Phi) is 4.33. The molecule has 0 radical (unpaired) electrons. The molecule has 128 valence electrons. The third-order valence-electron chi connectivity index (χ3n) is 4.08. The van der Waals surface area contributed by atoms with Crippen molar-refractivity contribution in [1.82, 2.24) is 9.29 Å². The molecule has 24 heavy (non-hydrogen) atoms. The van der Waals surface area contributed by atoms with Crippen LogP contribution in [0.2, 0.25) is 0 Å². The average Bonchev–Trinajstić information content (AvgIpc) is 3.18. The summed E-state index contributed by atoms with van der Waals surface area (Å²) in [6.07, 6.45) is 2.88. The molecule has 3 aromatic rings. The van der Waals surface area contributed by atoms with Gasteiger partial charge in [-0.2, -0.15) is 4.31 Å². The predicted octanol–water partition coefficient (Wildman–Crippen LogP) is 2.36. The van der Waals surface area contributed by atoms with E-state index in [-0.39, 0.29) is 16.5 Å². The second kappa shape index (κ2) is 6.29. The van der Waals surface area contributed by atoms with Crippen molar-refractivity contribution in [2.24, 2.45) is 0 Å². The SMILES string of the molecule is C[C@H](CCc1ccco1)N(C)S(=O)(=O)c1ccc2[nH]c(=O)oc2c1. The molecule has 0 amide bonds.